The molecule has 78 valence electrons. The average Bonchev–Trinajstić information content (AvgIpc) is 2.16. The van der Waals surface area contributed by atoms with E-state index in [1.807, 2.05) is 0 Å². The smallest absolute Gasteiger partial charge is 0.324 e. The minimum absolute atomic E-state index is 0.185. The highest BCUT2D eigenvalue weighted by Gasteiger charge is 2.22. The molecule has 5 heteroatoms. The van der Waals surface area contributed by atoms with Crippen molar-refractivity contribution in [2.24, 2.45) is 0 Å². The van der Waals surface area contributed by atoms with Gasteiger partial charge in [-0.15, -0.1) is 0 Å². The van der Waals surface area contributed by atoms with Gasteiger partial charge in [0.05, 0.1) is 5.57 Å². The fourth-order valence-corrected chi connectivity index (χ4v) is 0.828. The quantitative estimate of drug-likeness (QED) is 0.403. The van der Waals surface area contributed by atoms with Crippen molar-refractivity contribution in [3.63, 3.8) is 0 Å². The summed E-state index contributed by atoms with van der Waals surface area (Å²) in [5.74, 6) is -1.09. The normalized spacial score (nSPS) is 9.07. The fourth-order valence-electron chi connectivity index (χ4n) is 0.828. The van der Waals surface area contributed by atoms with Crippen LogP contribution in [-0.4, -0.2) is 36.2 Å². The van der Waals surface area contributed by atoms with Gasteiger partial charge in [-0.05, 0) is 13.8 Å². The third kappa shape index (κ3) is 2.69. The van der Waals surface area contributed by atoms with Gasteiger partial charge in [-0.2, -0.15) is 0 Å². The van der Waals surface area contributed by atoms with Crippen LogP contribution in [0.5, 0.6) is 0 Å². The summed E-state index contributed by atoms with van der Waals surface area (Å²) in [6, 6.07) is -0.542. The van der Waals surface area contributed by atoms with Gasteiger partial charge in [-0.3, -0.25) is 14.5 Å². The molecule has 0 saturated carbocycles. The van der Waals surface area contributed by atoms with Crippen molar-refractivity contribution < 1.29 is 14.4 Å². The van der Waals surface area contributed by atoms with Crippen LogP contribution in [0.15, 0.2) is 12.2 Å². The van der Waals surface area contributed by atoms with Gasteiger partial charge in [0.15, 0.2) is 5.78 Å². The molecule has 1 N–H and O–H groups in total. The molecule has 0 heterocycles. The number of hydrogen-bond donors (Lipinski definition) is 1. The van der Waals surface area contributed by atoms with Crippen LogP contribution < -0.4 is 5.32 Å². The van der Waals surface area contributed by atoms with Gasteiger partial charge in [0.25, 0.3) is 5.91 Å². The Balaban J connectivity index is 4.71. The Bertz CT molecular complexity index is 284. The van der Waals surface area contributed by atoms with Crippen LogP contribution in [0.1, 0.15) is 13.8 Å². The molecule has 0 fully saturated rings. The van der Waals surface area contributed by atoms with Gasteiger partial charge < -0.3 is 5.32 Å². The number of urea groups is 1. The molecule has 0 unspecified atom stereocenters. The van der Waals surface area contributed by atoms with E-state index in [-0.39, 0.29) is 12.1 Å². The van der Waals surface area contributed by atoms with Crippen molar-refractivity contribution in [3.8, 4) is 0 Å². The zero-order chi connectivity index (χ0) is 11.3. The van der Waals surface area contributed by atoms with Gasteiger partial charge >= 0.3 is 6.03 Å². The second kappa shape index (κ2) is 5.16. The molecule has 3 amide bonds. The monoisotopic (exact) mass is 198 g/mol. The predicted molar refractivity (Wildman–Crippen MR) is 51.7 cm³/mol. The molecule has 0 aromatic heterocycles. The summed E-state index contributed by atoms with van der Waals surface area (Å²) in [5.41, 5.74) is -0.185. The van der Waals surface area contributed by atoms with Crippen LogP contribution in [0.25, 0.3) is 0 Å². The van der Waals surface area contributed by atoms with Crippen molar-refractivity contribution in [1.82, 2.24) is 10.2 Å². The molecular formula is C9H14N2O3. The molecule has 0 aromatic rings. The second-order valence-corrected chi connectivity index (χ2v) is 2.64. The van der Waals surface area contributed by atoms with E-state index in [4.69, 9.17) is 0 Å². The number of nitrogens with one attached hydrogen (secondary N) is 1. The van der Waals surface area contributed by atoms with Crippen LogP contribution in [0, 0.1) is 0 Å². The van der Waals surface area contributed by atoms with E-state index in [1.165, 1.54) is 14.0 Å². The molecule has 0 rings (SSSR count). The number of ketones is 1. The number of carbonyl (C=O) groups excluding carboxylic acids is 3. The molecule has 5 nitrogen and oxygen atoms in total. The van der Waals surface area contributed by atoms with Gasteiger partial charge in [0, 0.05) is 13.6 Å². The minimum atomic E-state index is -0.653. The maximum absolute atomic E-state index is 11.5. The maximum atomic E-state index is 11.5. The molecule has 0 radical (unpaired) electrons. The van der Waals surface area contributed by atoms with E-state index in [2.05, 4.69) is 11.9 Å². The third-order valence-corrected chi connectivity index (χ3v) is 1.70. The van der Waals surface area contributed by atoms with E-state index in [0.717, 1.165) is 4.90 Å². The second-order valence-electron chi connectivity index (χ2n) is 2.64. The highest BCUT2D eigenvalue weighted by Crippen LogP contribution is 2.01. The summed E-state index contributed by atoms with van der Waals surface area (Å²) in [6.45, 7) is 6.39. The fraction of sp³-hybridized carbons (Fsp3) is 0.444. The van der Waals surface area contributed by atoms with Crippen molar-refractivity contribution in [2.45, 2.75) is 13.8 Å². The lowest BCUT2D eigenvalue weighted by molar-refractivity contribution is -0.126. The van der Waals surface area contributed by atoms with E-state index >= 15 is 0 Å². The Morgan fingerprint density at radius 3 is 2.14 bits per heavy atom. The molecule has 0 spiro atoms. The molecule has 0 aromatic carbocycles. The van der Waals surface area contributed by atoms with E-state index in [1.54, 1.807) is 6.92 Å². The van der Waals surface area contributed by atoms with Crippen LogP contribution in [0.4, 0.5) is 4.79 Å². The Labute approximate surface area is 82.8 Å². The molecule has 0 atom stereocenters. The SMILES string of the molecule is C=C(C(C)=O)C(=O)N(CC)C(=O)NC. The molecular weight excluding hydrogens is 184 g/mol. The standard InChI is InChI=1S/C9H14N2O3/c1-5-11(9(14)10-4)8(13)6(2)7(3)12/h2,5H2,1,3-4H3,(H,10,14). The van der Waals surface area contributed by atoms with Crippen molar-refractivity contribution >= 4 is 17.7 Å². The largest absolute Gasteiger partial charge is 0.341 e. The number of carbonyl (C=O) groups is 3. The molecule has 0 saturated heterocycles. The Morgan fingerprint density at radius 2 is 1.86 bits per heavy atom. The summed E-state index contributed by atoms with van der Waals surface area (Å²) < 4.78 is 0. The number of hydrogen-bond acceptors (Lipinski definition) is 3. The summed E-state index contributed by atoms with van der Waals surface area (Å²) in [5, 5.41) is 2.30. The summed E-state index contributed by atoms with van der Waals surface area (Å²) in [4.78, 5) is 34.4. The van der Waals surface area contributed by atoms with Crippen LogP contribution in [0.3, 0.4) is 0 Å². The number of Topliss-reactive ketones (excluding diaryl/α,β-unsaturated/α-hetero) is 1. The number of likely N-dealkylation sites (N-methyl/N-ethyl adjacent to an activating group) is 1. The van der Waals surface area contributed by atoms with Gasteiger partial charge in [-0.1, -0.05) is 6.58 Å². The molecule has 0 aliphatic carbocycles. The lowest BCUT2D eigenvalue weighted by Gasteiger charge is -2.18. The highest BCUT2D eigenvalue weighted by molar-refractivity contribution is 6.20. The maximum Gasteiger partial charge on any atom is 0.324 e. The summed E-state index contributed by atoms with van der Waals surface area (Å²) >= 11 is 0. The van der Waals surface area contributed by atoms with Crippen LogP contribution >= 0.6 is 0 Å². The number of nitrogens with zero attached hydrogens (tertiary/aromatic N) is 1. The molecule has 0 aliphatic rings. The van der Waals surface area contributed by atoms with Crippen LogP contribution in [-0.2, 0) is 9.59 Å². The minimum Gasteiger partial charge on any atom is -0.341 e. The highest BCUT2D eigenvalue weighted by atomic mass is 16.2. The van der Waals surface area contributed by atoms with Crippen molar-refractivity contribution in [1.29, 1.82) is 0 Å². The van der Waals surface area contributed by atoms with E-state index < -0.39 is 17.7 Å². The van der Waals surface area contributed by atoms with Crippen LogP contribution in [0.2, 0.25) is 0 Å². The Kier molecular flexibility index (Phi) is 4.55. The summed E-state index contributed by atoms with van der Waals surface area (Å²) in [7, 11) is 1.41. The summed E-state index contributed by atoms with van der Waals surface area (Å²) in [6.07, 6.45) is 0. The number of rotatable bonds is 3. The molecule has 14 heavy (non-hydrogen) atoms. The number of amides is 3. The Morgan fingerprint density at radius 1 is 1.36 bits per heavy atom. The first-order valence-electron chi connectivity index (χ1n) is 4.19. The topological polar surface area (TPSA) is 66.5 Å². The first kappa shape index (κ1) is 12.3. The van der Waals surface area contributed by atoms with Gasteiger partial charge in [0.1, 0.15) is 0 Å². The van der Waals surface area contributed by atoms with E-state index in [0.29, 0.717) is 0 Å². The third-order valence-electron chi connectivity index (χ3n) is 1.70. The van der Waals surface area contributed by atoms with Gasteiger partial charge in [-0.25, -0.2) is 4.79 Å². The van der Waals surface area contributed by atoms with Crippen molar-refractivity contribution in [3.05, 3.63) is 12.2 Å². The molecule has 0 bridgehead atoms. The van der Waals surface area contributed by atoms with Gasteiger partial charge in [0.2, 0.25) is 0 Å². The first-order chi connectivity index (χ1) is 6.45. The zero-order valence-corrected chi connectivity index (χ0v) is 8.59. The van der Waals surface area contributed by atoms with Crippen molar-refractivity contribution in [2.75, 3.05) is 13.6 Å². The zero-order valence-electron chi connectivity index (χ0n) is 8.59. The number of imide groups is 1. The Hall–Kier alpha value is -1.65. The average molecular weight is 198 g/mol. The lowest BCUT2D eigenvalue weighted by Crippen LogP contribution is -2.43. The first-order valence-corrected chi connectivity index (χ1v) is 4.19. The lowest BCUT2D eigenvalue weighted by atomic mass is 10.2. The predicted octanol–water partition coefficient (Wildman–Crippen LogP) is 0.320. The van der Waals surface area contributed by atoms with E-state index in [9.17, 15) is 14.4 Å². The molecule has 0 aliphatic heterocycles.